The van der Waals surface area contributed by atoms with Crippen molar-refractivity contribution in [3.63, 3.8) is 0 Å². The molecule has 0 spiro atoms. The maximum absolute atomic E-state index is 13.6. The van der Waals surface area contributed by atoms with E-state index in [1.807, 2.05) is 97.1 Å². The summed E-state index contributed by atoms with van der Waals surface area (Å²) in [6, 6.07) is 37.9. The second-order valence-corrected chi connectivity index (χ2v) is 8.97. The summed E-state index contributed by atoms with van der Waals surface area (Å²) in [6.07, 6.45) is 1.09. The van der Waals surface area contributed by atoms with Gasteiger partial charge in [-0.15, -0.1) is 0 Å². The number of hydrogen-bond donors (Lipinski definition) is 2. The Hall–Kier alpha value is -4.22. The Morgan fingerprint density at radius 2 is 1.11 bits per heavy atom. The number of nitrogens with one attached hydrogen (secondary N) is 2. The highest BCUT2D eigenvalue weighted by Gasteiger charge is 2.23. The molecule has 5 heteroatoms. The molecule has 2 atom stereocenters. The molecular formula is C32H32N2O3. The van der Waals surface area contributed by atoms with Gasteiger partial charge in [0.25, 0.3) is 0 Å². The second kappa shape index (κ2) is 13.8. The molecule has 37 heavy (non-hydrogen) atoms. The van der Waals surface area contributed by atoms with Crippen molar-refractivity contribution in [1.82, 2.24) is 10.6 Å². The Bertz CT molecular complexity index is 1230. The Morgan fingerprint density at radius 1 is 0.622 bits per heavy atom. The van der Waals surface area contributed by atoms with Crippen LogP contribution >= 0.6 is 0 Å². The van der Waals surface area contributed by atoms with Crippen molar-refractivity contribution in [3.8, 4) is 0 Å². The topological polar surface area (TPSA) is 67.4 Å². The zero-order valence-electron chi connectivity index (χ0n) is 20.8. The lowest BCUT2D eigenvalue weighted by molar-refractivity contribution is -0.124. The van der Waals surface area contributed by atoms with Crippen LogP contribution in [0.2, 0.25) is 0 Å². The molecule has 1 amide bonds. The fourth-order valence-electron chi connectivity index (χ4n) is 4.13. The van der Waals surface area contributed by atoms with Gasteiger partial charge in [0, 0.05) is 6.54 Å². The van der Waals surface area contributed by atoms with Gasteiger partial charge in [0.15, 0.2) is 0 Å². The molecule has 4 aromatic carbocycles. The molecule has 0 bridgehead atoms. The lowest BCUT2D eigenvalue weighted by Crippen LogP contribution is -2.50. The van der Waals surface area contributed by atoms with Crippen molar-refractivity contribution in [1.29, 1.82) is 0 Å². The smallest absolute Gasteiger partial charge is 0.338 e. The van der Waals surface area contributed by atoms with Crippen LogP contribution < -0.4 is 10.6 Å². The van der Waals surface area contributed by atoms with Gasteiger partial charge in [0.05, 0.1) is 17.6 Å². The third-order valence-electron chi connectivity index (χ3n) is 6.09. The summed E-state index contributed by atoms with van der Waals surface area (Å²) in [5, 5.41) is 6.57. The van der Waals surface area contributed by atoms with Gasteiger partial charge in [-0.2, -0.15) is 0 Å². The van der Waals surface area contributed by atoms with Crippen LogP contribution in [-0.4, -0.2) is 30.6 Å². The fourth-order valence-corrected chi connectivity index (χ4v) is 4.13. The first-order valence-corrected chi connectivity index (χ1v) is 12.5. The molecule has 4 aromatic rings. The zero-order chi connectivity index (χ0) is 25.7. The van der Waals surface area contributed by atoms with E-state index in [-0.39, 0.29) is 18.6 Å². The Morgan fingerprint density at radius 3 is 1.68 bits per heavy atom. The third-order valence-corrected chi connectivity index (χ3v) is 6.09. The monoisotopic (exact) mass is 492 g/mol. The van der Waals surface area contributed by atoms with Crippen molar-refractivity contribution in [2.24, 2.45) is 0 Å². The maximum atomic E-state index is 13.6. The molecule has 5 nitrogen and oxygen atoms in total. The van der Waals surface area contributed by atoms with Crippen molar-refractivity contribution in [3.05, 3.63) is 144 Å². The Labute approximate surface area is 218 Å². The summed E-state index contributed by atoms with van der Waals surface area (Å²) in [7, 11) is 0. The first-order valence-electron chi connectivity index (χ1n) is 12.5. The molecular weight excluding hydrogens is 460 g/mol. The summed E-state index contributed by atoms with van der Waals surface area (Å²) in [5.41, 5.74) is 3.71. The fraction of sp³-hybridized carbons (Fsp3) is 0.188. The summed E-state index contributed by atoms with van der Waals surface area (Å²) in [6.45, 7) is 0.642. The van der Waals surface area contributed by atoms with Gasteiger partial charge in [-0.05, 0) is 41.7 Å². The van der Waals surface area contributed by atoms with E-state index >= 15 is 0 Å². The SMILES string of the molecule is O=C(OC[C@H](Cc1ccccc1)NC(=O)[C@@H](Cc1ccccc1)NCc1ccccc1)c1ccccc1. The minimum atomic E-state index is -0.453. The molecule has 2 N–H and O–H groups in total. The molecule has 0 heterocycles. The summed E-state index contributed by atoms with van der Waals surface area (Å²) >= 11 is 0. The summed E-state index contributed by atoms with van der Waals surface area (Å²) in [4.78, 5) is 26.1. The number of rotatable bonds is 12. The third kappa shape index (κ3) is 8.44. The van der Waals surface area contributed by atoms with Crippen LogP contribution in [0.4, 0.5) is 0 Å². The van der Waals surface area contributed by atoms with Gasteiger partial charge in [-0.25, -0.2) is 4.79 Å². The van der Waals surface area contributed by atoms with Crippen LogP contribution in [0.25, 0.3) is 0 Å². The van der Waals surface area contributed by atoms with E-state index in [2.05, 4.69) is 10.6 Å². The molecule has 188 valence electrons. The predicted octanol–water partition coefficient (Wildman–Crippen LogP) is 4.97. The Balaban J connectivity index is 1.46. The first kappa shape index (κ1) is 25.9. The van der Waals surface area contributed by atoms with Gasteiger partial charge in [0.2, 0.25) is 5.91 Å². The quantitative estimate of drug-likeness (QED) is 0.274. The van der Waals surface area contributed by atoms with Gasteiger partial charge in [0.1, 0.15) is 6.61 Å². The van der Waals surface area contributed by atoms with Gasteiger partial charge >= 0.3 is 5.97 Å². The van der Waals surface area contributed by atoms with Crippen molar-refractivity contribution >= 4 is 11.9 Å². The molecule has 0 aliphatic heterocycles. The lowest BCUT2D eigenvalue weighted by Gasteiger charge is -2.24. The predicted molar refractivity (Wildman–Crippen MR) is 146 cm³/mol. The minimum absolute atomic E-state index is 0.0745. The molecule has 4 rings (SSSR count). The van der Waals surface area contributed by atoms with Gasteiger partial charge in [-0.3, -0.25) is 4.79 Å². The number of ether oxygens (including phenoxy) is 1. The molecule has 0 fully saturated rings. The molecule has 0 unspecified atom stereocenters. The average molecular weight is 493 g/mol. The normalized spacial score (nSPS) is 12.3. The molecule has 0 aliphatic rings. The number of hydrogen-bond acceptors (Lipinski definition) is 4. The van der Waals surface area contributed by atoms with Crippen LogP contribution in [0, 0.1) is 0 Å². The maximum Gasteiger partial charge on any atom is 0.338 e. The highest BCUT2D eigenvalue weighted by atomic mass is 16.5. The standard InChI is InChI=1S/C32H32N2O3/c35-31(30(22-26-15-7-2-8-16-26)33-23-27-17-9-3-10-18-27)34-29(21-25-13-5-1-6-14-25)24-37-32(36)28-19-11-4-12-20-28/h1-20,29-30,33H,21-24H2,(H,34,35)/t29-,30+/m0/s1. The molecule has 0 aliphatic carbocycles. The average Bonchev–Trinajstić information content (AvgIpc) is 2.96. The van der Waals surface area contributed by atoms with Crippen molar-refractivity contribution < 1.29 is 14.3 Å². The van der Waals surface area contributed by atoms with Crippen LogP contribution in [0.1, 0.15) is 27.0 Å². The van der Waals surface area contributed by atoms with Crippen molar-refractivity contribution in [2.45, 2.75) is 31.5 Å². The van der Waals surface area contributed by atoms with E-state index < -0.39 is 12.0 Å². The number of amides is 1. The minimum Gasteiger partial charge on any atom is -0.460 e. The number of benzene rings is 4. The lowest BCUT2D eigenvalue weighted by atomic mass is 10.0. The largest absolute Gasteiger partial charge is 0.460 e. The Kier molecular flexibility index (Phi) is 9.62. The van der Waals surface area contributed by atoms with Gasteiger partial charge < -0.3 is 15.4 Å². The highest BCUT2D eigenvalue weighted by Crippen LogP contribution is 2.09. The molecule has 0 radical (unpaired) electrons. The van der Waals surface area contributed by atoms with E-state index in [9.17, 15) is 9.59 Å². The van der Waals surface area contributed by atoms with E-state index in [1.165, 1.54) is 0 Å². The van der Waals surface area contributed by atoms with E-state index in [1.54, 1.807) is 24.3 Å². The number of carbonyl (C=O) groups excluding carboxylic acids is 2. The number of carbonyl (C=O) groups is 2. The molecule has 0 saturated heterocycles. The van der Waals surface area contributed by atoms with Gasteiger partial charge in [-0.1, -0.05) is 109 Å². The van der Waals surface area contributed by atoms with Crippen LogP contribution in [0.5, 0.6) is 0 Å². The first-order chi connectivity index (χ1) is 18.2. The molecule has 0 saturated carbocycles. The van der Waals surface area contributed by atoms with Crippen molar-refractivity contribution in [2.75, 3.05) is 6.61 Å². The van der Waals surface area contributed by atoms with E-state index in [4.69, 9.17) is 4.74 Å². The summed E-state index contributed by atoms with van der Waals surface area (Å²) < 4.78 is 5.62. The highest BCUT2D eigenvalue weighted by molar-refractivity contribution is 5.89. The summed E-state index contributed by atoms with van der Waals surface area (Å²) in [5.74, 6) is -0.535. The number of esters is 1. The zero-order valence-corrected chi connectivity index (χ0v) is 20.8. The van der Waals surface area contributed by atoms with Crippen LogP contribution in [-0.2, 0) is 28.9 Å². The van der Waals surface area contributed by atoms with Crippen LogP contribution in [0.3, 0.4) is 0 Å². The second-order valence-electron chi connectivity index (χ2n) is 8.97. The van der Waals surface area contributed by atoms with Crippen LogP contribution in [0.15, 0.2) is 121 Å². The van der Waals surface area contributed by atoms with E-state index in [0.717, 1.165) is 16.7 Å². The van der Waals surface area contributed by atoms with E-state index in [0.29, 0.717) is 24.9 Å². The molecule has 0 aromatic heterocycles.